The fraction of sp³-hybridized carbons (Fsp3) is 0.650. The Hall–Kier alpha value is -1.71. The van der Waals surface area contributed by atoms with E-state index in [2.05, 4.69) is 26.8 Å². The van der Waals surface area contributed by atoms with Gasteiger partial charge in [0.2, 0.25) is 0 Å². The standard InChI is InChI=1S/C20H29NO3/c1-18(2,3)24-17(23)21-11-10-20(6)16-13(8-7-9-14(16)22)12-15(21)19(20,4)5/h7-9,15,22H,10-12H2,1-6H3. The zero-order valence-corrected chi connectivity index (χ0v) is 15.6. The van der Waals surface area contributed by atoms with Crippen molar-refractivity contribution < 1.29 is 14.6 Å². The fourth-order valence-electron chi connectivity index (χ4n) is 4.53. The Morgan fingerprint density at radius 1 is 1.29 bits per heavy atom. The van der Waals surface area contributed by atoms with Gasteiger partial charge in [0.05, 0.1) is 0 Å². The molecule has 0 saturated carbocycles. The van der Waals surface area contributed by atoms with Gasteiger partial charge < -0.3 is 14.7 Å². The van der Waals surface area contributed by atoms with E-state index in [4.69, 9.17) is 4.74 Å². The molecule has 1 aromatic carbocycles. The average Bonchev–Trinajstić information content (AvgIpc) is 2.40. The molecule has 24 heavy (non-hydrogen) atoms. The van der Waals surface area contributed by atoms with Crippen LogP contribution in [-0.2, 0) is 16.6 Å². The topological polar surface area (TPSA) is 49.8 Å². The minimum Gasteiger partial charge on any atom is -0.508 e. The van der Waals surface area contributed by atoms with Gasteiger partial charge in [0.15, 0.2) is 0 Å². The Kier molecular flexibility index (Phi) is 3.67. The lowest BCUT2D eigenvalue weighted by molar-refractivity contribution is -0.0527. The monoisotopic (exact) mass is 331 g/mol. The number of amides is 1. The molecular weight excluding hydrogens is 302 g/mol. The van der Waals surface area contributed by atoms with Crippen molar-refractivity contribution in [3.63, 3.8) is 0 Å². The third-order valence-corrected chi connectivity index (χ3v) is 6.21. The van der Waals surface area contributed by atoms with Crippen LogP contribution in [0.5, 0.6) is 5.75 Å². The number of hydrogen-bond donors (Lipinski definition) is 1. The molecule has 1 saturated heterocycles. The van der Waals surface area contributed by atoms with Crippen molar-refractivity contribution in [2.24, 2.45) is 5.41 Å². The summed E-state index contributed by atoms with van der Waals surface area (Å²) in [7, 11) is 0. The van der Waals surface area contributed by atoms with Crippen molar-refractivity contribution in [3.05, 3.63) is 29.3 Å². The average molecular weight is 331 g/mol. The minimum absolute atomic E-state index is 0.0698. The molecule has 2 bridgehead atoms. The zero-order chi connectivity index (χ0) is 17.9. The number of phenols is 1. The number of hydrogen-bond acceptors (Lipinski definition) is 3. The number of benzene rings is 1. The summed E-state index contributed by atoms with van der Waals surface area (Å²) in [6.45, 7) is 13.0. The van der Waals surface area contributed by atoms with Crippen LogP contribution in [0.25, 0.3) is 0 Å². The lowest BCUT2D eigenvalue weighted by Gasteiger charge is -2.60. The first-order chi connectivity index (χ1) is 11.0. The van der Waals surface area contributed by atoms with E-state index < -0.39 is 5.60 Å². The number of nitrogens with zero attached hydrogens (tertiary/aromatic N) is 1. The van der Waals surface area contributed by atoms with Crippen molar-refractivity contribution in [1.82, 2.24) is 4.90 Å². The van der Waals surface area contributed by atoms with Gasteiger partial charge in [-0.3, -0.25) is 0 Å². The predicted molar refractivity (Wildman–Crippen MR) is 94.3 cm³/mol. The molecule has 2 unspecified atom stereocenters. The molecule has 1 heterocycles. The maximum atomic E-state index is 12.7. The Labute approximate surface area is 144 Å². The summed E-state index contributed by atoms with van der Waals surface area (Å²) in [5, 5.41) is 10.5. The van der Waals surface area contributed by atoms with Crippen LogP contribution in [0.2, 0.25) is 0 Å². The van der Waals surface area contributed by atoms with Gasteiger partial charge >= 0.3 is 6.09 Å². The van der Waals surface area contributed by atoms with Crippen molar-refractivity contribution in [2.75, 3.05) is 6.54 Å². The van der Waals surface area contributed by atoms with Crippen LogP contribution in [0.4, 0.5) is 4.79 Å². The molecule has 1 fully saturated rings. The van der Waals surface area contributed by atoms with Gasteiger partial charge in [-0.15, -0.1) is 0 Å². The third kappa shape index (κ3) is 2.38. The maximum Gasteiger partial charge on any atom is 0.410 e. The molecule has 3 rings (SSSR count). The number of ether oxygens (including phenoxy) is 1. The molecule has 0 spiro atoms. The Bertz CT molecular complexity index is 674. The minimum atomic E-state index is -0.493. The predicted octanol–water partition coefficient (Wildman–Crippen LogP) is 4.24. The van der Waals surface area contributed by atoms with Crippen molar-refractivity contribution >= 4 is 6.09 Å². The smallest absolute Gasteiger partial charge is 0.410 e. The number of likely N-dealkylation sites (tertiary alicyclic amines) is 1. The number of piperidine rings is 1. The number of fused-ring (bicyclic) bond motifs is 4. The Morgan fingerprint density at radius 2 is 1.96 bits per heavy atom. The molecule has 132 valence electrons. The normalized spacial score (nSPS) is 28.2. The maximum absolute atomic E-state index is 12.7. The van der Waals surface area contributed by atoms with E-state index in [0.717, 1.165) is 24.0 Å². The summed E-state index contributed by atoms with van der Waals surface area (Å²) in [5.41, 5.74) is 1.42. The van der Waals surface area contributed by atoms with E-state index in [0.29, 0.717) is 12.3 Å². The SMILES string of the molecule is CC(C)(C)OC(=O)N1CCC2(C)c3c(O)cccc3CC1C2(C)C. The lowest BCUT2D eigenvalue weighted by atomic mass is 9.51. The quantitative estimate of drug-likeness (QED) is 0.773. The number of carbonyl (C=O) groups excluding carboxylic acids is 1. The van der Waals surface area contributed by atoms with Crippen LogP contribution < -0.4 is 0 Å². The van der Waals surface area contributed by atoms with Crippen LogP contribution in [0, 0.1) is 5.41 Å². The summed E-state index contributed by atoms with van der Waals surface area (Å²) in [5.74, 6) is 0.382. The van der Waals surface area contributed by atoms with Crippen LogP contribution >= 0.6 is 0 Å². The molecule has 0 aromatic heterocycles. The summed E-state index contributed by atoms with van der Waals surface area (Å²) < 4.78 is 5.64. The summed E-state index contributed by atoms with van der Waals surface area (Å²) >= 11 is 0. The molecule has 2 aliphatic rings. The molecule has 0 radical (unpaired) electrons. The summed E-state index contributed by atoms with van der Waals surface area (Å²) in [6, 6.07) is 5.82. The molecule has 1 aliphatic carbocycles. The fourth-order valence-corrected chi connectivity index (χ4v) is 4.53. The molecule has 1 amide bonds. The Morgan fingerprint density at radius 3 is 2.58 bits per heavy atom. The van der Waals surface area contributed by atoms with Crippen molar-refractivity contribution in [2.45, 2.75) is 71.4 Å². The van der Waals surface area contributed by atoms with Gasteiger partial charge in [0, 0.05) is 23.6 Å². The van der Waals surface area contributed by atoms with Crippen molar-refractivity contribution in [3.8, 4) is 5.75 Å². The van der Waals surface area contributed by atoms with Gasteiger partial charge in [-0.2, -0.15) is 0 Å². The lowest BCUT2D eigenvalue weighted by Crippen LogP contribution is -2.65. The first-order valence-electron chi connectivity index (χ1n) is 8.78. The van der Waals surface area contributed by atoms with Gasteiger partial charge in [-0.1, -0.05) is 32.9 Å². The number of rotatable bonds is 0. The van der Waals surface area contributed by atoms with E-state index >= 15 is 0 Å². The highest BCUT2D eigenvalue weighted by atomic mass is 16.6. The van der Waals surface area contributed by atoms with Crippen LogP contribution in [-0.4, -0.2) is 34.3 Å². The first-order valence-corrected chi connectivity index (χ1v) is 8.78. The molecule has 1 aromatic rings. The molecule has 4 heteroatoms. The Balaban J connectivity index is 2.03. The van der Waals surface area contributed by atoms with Gasteiger partial charge in [-0.25, -0.2) is 4.79 Å². The number of carbonyl (C=O) groups is 1. The van der Waals surface area contributed by atoms with Gasteiger partial charge in [0.1, 0.15) is 11.4 Å². The summed E-state index contributed by atoms with van der Waals surface area (Å²) in [4.78, 5) is 14.6. The van der Waals surface area contributed by atoms with E-state index in [1.807, 2.05) is 31.7 Å². The van der Waals surface area contributed by atoms with Crippen LogP contribution in [0.3, 0.4) is 0 Å². The molecular formula is C20H29NO3. The molecule has 2 atom stereocenters. The molecule has 1 aliphatic heterocycles. The van der Waals surface area contributed by atoms with Crippen molar-refractivity contribution in [1.29, 1.82) is 0 Å². The summed E-state index contributed by atoms with van der Waals surface area (Å²) in [6.07, 6.45) is 1.34. The van der Waals surface area contributed by atoms with Crippen LogP contribution in [0.1, 0.15) is 59.1 Å². The second-order valence-corrected chi connectivity index (χ2v) is 9.01. The highest BCUT2D eigenvalue weighted by Gasteiger charge is 2.58. The largest absolute Gasteiger partial charge is 0.508 e. The first kappa shape index (κ1) is 17.1. The van der Waals surface area contributed by atoms with Crippen LogP contribution in [0.15, 0.2) is 18.2 Å². The van der Waals surface area contributed by atoms with E-state index in [9.17, 15) is 9.90 Å². The second kappa shape index (κ2) is 5.14. The molecule has 4 nitrogen and oxygen atoms in total. The zero-order valence-electron chi connectivity index (χ0n) is 15.6. The number of aromatic hydroxyl groups is 1. The third-order valence-electron chi connectivity index (χ3n) is 6.21. The highest BCUT2D eigenvalue weighted by molar-refractivity contribution is 5.70. The van der Waals surface area contributed by atoms with E-state index in [1.165, 1.54) is 0 Å². The van der Waals surface area contributed by atoms with Gasteiger partial charge in [-0.05, 0) is 50.7 Å². The second-order valence-electron chi connectivity index (χ2n) is 9.01. The van der Waals surface area contributed by atoms with E-state index in [-0.39, 0.29) is 23.0 Å². The number of phenolic OH excluding ortho intramolecular Hbond substituents is 1. The highest BCUT2D eigenvalue weighted by Crippen LogP contribution is 2.58. The van der Waals surface area contributed by atoms with Gasteiger partial charge in [0.25, 0.3) is 0 Å². The molecule has 1 N–H and O–H groups in total. The van der Waals surface area contributed by atoms with E-state index in [1.54, 1.807) is 6.07 Å².